The number of rotatable bonds is 10. The maximum atomic E-state index is 12.3. The predicted molar refractivity (Wildman–Crippen MR) is 105 cm³/mol. The van der Waals surface area contributed by atoms with Crippen LogP contribution in [0.1, 0.15) is 70.8 Å². The molecule has 0 bridgehead atoms. The van der Waals surface area contributed by atoms with Crippen molar-refractivity contribution in [1.82, 2.24) is 10.3 Å². The first-order valence-corrected chi connectivity index (χ1v) is 9.82. The summed E-state index contributed by atoms with van der Waals surface area (Å²) < 4.78 is 0. The van der Waals surface area contributed by atoms with Gasteiger partial charge in [-0.15, -0.1) is 0 Å². The minimum absolute atomic E-state index is 0.0483. The zero-order chi connectivity index (χ0) is 18.8. The van der Waals surface area contributed by atoms with E-state index in [1.807, 2.05) is 37.3 Å². The molecule has 1 aromatic rings. The lowest BCUT2D eigenvalue weighted by atomic mass is 10.1. The normalized spacial score (nSPS) is 14.8. The van der Waals surface area contributed by atoms with E-state index in [4.69, 9.17) is 0 Å². The fourth-order valence-electron chi connectivity index (χ4n) is 3.12. The van der Waals surface area contributed by atoms with E-state index in [0.717, 1.165) is 30.5 Å². The summed E-state index contributed by atoms with van der Waals surface area (Å²) >= 11 is 0. The Morgan fingerprint density at radius 2 is 1.92 bits per heavy atom. The molecule has 1 N–H and O–H groups in total. The molecule has 1 aliphatic heterocycles. The Kier molecular flexibility index (Phi) is 8.32. The summed E-state index contributed by atoms with van der Waals surface area (Å²) in [7, 11) is 0. The summed E-state index contributed by atoms with van der Waals surface area (Å²) in [5.41, 5.74) is 1.99. The van der Waals surface area contributed by atoms with Crippen molar-refractivity contribution in [3.05, 3.63) is 35.9 Å². The van der Waals surface area contributed by atoms with Gasteiger partial charge in [0, 0.05) is 25.3 Å². The molecule has 0 saturated carbocycles. The molecule has 1 aromatic carbocycles. The van der Waals surface area contributed by atoms with Gasteiger partial charge in [0.25, 0.3) is 0 Å². The molecule has 0 saturated heterocycles. The van der Waals surface area contributed by atoms with Crippen LogP contribution in [-0.2, 0) is 9.59 Å². The van der Waals surface area contributed by atoms with Gasteiger partial charge in [-0.25, -0.2) is 5.01 Å². The lowest BCUT2D eigenvalue weighted by molar-refractivity contribution is -0.133. The first kappa shape index (κ1) is 20.1. The number of hydrogen-bond donors (Lipinski definition) is 1. The monoisotopic (exact) mass is 357 g/mol. The van der Waals surface area contributed by atoms with Gasteiger partial charge in [-0.1, -0.05) is 62.9 Å². The summed E-state index contributed by atoms with van der Waals surface area (Å²) in [6, 6.07) is 10.1. The molecule has 1 aliphatic rings. The van der Waals surface area contributed by atoms with Gasteiger partial charge >= 0.3 is 0 Å². The number of carbonyl (C=O) groups excluding carboxylic acids is 2. The van der Waals surface area contributed by atoms with Crippen LogP contribution in [0, 0.1) is 0 Å². The third-order valence-corrected chi connectivity index (χ3v) is 4.66. The highest BCUT2D eigenvalue weighted by Crippen LogP contribution is 2.15. The first-order valence-electron chi connectivity index (χ1n) is 9.82. The summed E-state index contributed by atoms with van der Waals surface area (Å²) in [6.07, 6.45) is 7.01. The van der Waals surface area contributed by atoms with Crippen molar-refractivity contribution in [1.29, 1.82) is 0 Å². The zero-order valence-corrected chi connectivity index (χ0v) is 16.0. The lowest BCUT2D eigenvalue weighted by Gasteiger charge is -2.15. The Balaban J connectivity index is 1.70. The molecule has 142 valence electrons. The molecule has 2 rings (SSSR count). The van der Waals surface area contributed by atoms with Crippen molar-refractivity contribution in [2.24, 2.45) is 5.10 Å². The van der Waals surface area contributed by atoms with E-state index in [9.17, 15) is 9.59 Å². The van der Waals surface area contributed by atoms with Gasteiger partial charge in [0.05, 0.1) is 12.3 Å². The standard InChI is InChI=1S/C21H31N3O2/c1-3-4-5-7-10-17(2)22-20(25)13-14-21(26)24-16-15-19(23-24)18-11-8-6-9-12-18/h6,8-9,11-12,17H,3-5,7,10,13-16H2,1-2H3,(H,22,25). The Labute approximate surface area is 156 Å². The molecule has 1 heterocycles. The number of nitrogens with one attached hydrogen (secondary N) is 1. The number of unbranched alkanes of at least 4 members (excludes halogenated alkanes) is 3. The third kappa shape index (κ3) is 6.62. The number of carbonyl (C=O) groups is 2. The SMILES string of the molecule is CCCCCCC(C)NC(=O)CCC(=O)N1CCC(c2ccccc2)=N1. The van der Waals surface area contributed by atoms with Crippen molar-refractivity contribution in [3.8, 4) is 0 Å². The lowest BCUT2D eigenvalue weighted by Crippen LogP contribution is -2.33. The minimum atomic E-state index is -0.0818. The Hall–Kier alpha value is -2.17. The Bertz CT molecular complexity index is 613. The fourth-order valence-corrected chi connectivity index (χ4v) is 3.12. The van der Waals surface area contributed by atoms with E-state index >= 15 is 0 Å². The highest BCUT2D eigenvalue weighted by atomic mass is 16.2. The van der Waals surface area contributed by atoms with Crippen LogP contribution in [-0.4, -0.2) is 35.1 Å². The van der Waals surface area contributed by atoms with Gasteiger partial charge in [0.1, 0.15) is 0 Å². The van der Waals surface area contributed by atoms with E-state index in [-0.39, 0.29) is 30.7 Å². The maximum Gasteiger partial charge on any atom is 0.243 e. The molecule has 5 heteroatoms. The van der Waals surface area contributed by atoms with Crippen molar-refractivity contribution >= 4 is 17.5 Å². The molecule has 1 unspecified atom stereocenters. The predicted octanol–water partition coefficient (Wildman–Crippen LogP) is 3.88. The second-order valence-electron chi connectivity index (χ2n) is 7.00. The molecule has 1 atom stereocenters. The van der Waals surface area contributed by atoms with E-state index in [0.29, 0.717) is 6.54 Å². The molecular weight excluding hydrogens is 326 g/mol. The summed E-state index contributed by atoms with van der Waals surface area (Å²) in [6.45, 7) is 4.82. The zero-order valence-electron chi connectivity index (χ0n) is 16.0. The molecule has 2 amide bonds. The fraction of sp³-hybridized carbons (Fsp3) is 0.571. The van der Waals surface area contributed by atoms with E-state index in [2.05, 4.69) is 17.3 Å². The van der Waals surface area contributed by atoms with Crippen LogP contribution in [0.5, 0.6) is 0 Å². The second-order valence-corrected chi connectivity index (χ2v) is 7.00. The van der Waals surface area contributed by atoms with Crippen molar-refractivity contribution in [3.63, 3.8) is 0 Å². The quantitative estimate of drug-likeness (QED) is 0.646. The summed E-state index contributed by atoms with van der Waals surface area (Å²) in [5, 5.41) is 8.92. The number of nitrogens with zero attached hydrogens (tertiary/aromatic N) is 2. The Morgan fingerprint density at radius 3 is 2.65 bits per heavy atom. The van der Waals surface area contributed by atoms with Gasteiger partial charge in [0.15, 0.2) is 0 Å². The molecular formula is C21H31N3O2. The summed E-state index contributed by atoms with van der Waals surface area (Å²) in [5.74, 6) is -0.130. The van der Waals surface area contributed by atoms with Crippen LogP contribution in [0.15, 0.2) is 35.4 Å². The highest BCUT2D eigenvalue weighted by Gasteiger charge is 2.22. The number of amides is 2. The topological polar surface area (TPSA) is 61.8 Å². The molecule has 0 spiro atoms. The highest BCUT2D eigenvalue weighted by molar-refractivity contribution is 6.02. The molecule has 0 aliphatic carbocycles. The summed E-state index contributed by atoms with van der Waals surface area (Å²) in [4.78, 5) is 24.3. The van der Waals surface area contributed by atoms with Crippen LogP contribution >= 0.6 is 0 Å². The number of benzene rings is 1. The first-order chi connectivity index (χ1) is 12.6. The second kappa shape index (κ2) is 10.7. The van der Waals surface area contributed by atoms with Gasteiger partial charge < -0.3 is 5.32 Å². The van der Waals surface area contributed by atoms with Crippen LogP contribution in [0.2, 0.25) is 0 Å². The van der Waals surface area contributed by atoms with Crippen molar-refractivity contribution in [2.75, 3.05) is 6.54 Å². The van der Waals surface area contributed by atoms with Crippen molar-refractivity contribution < 1.29 is 9.59 Å². The molecule has 0 radical (unpaired) electrons. The largest absolute Gasteiger partial charge is 0.354 e. The third-order valence-electron chi connectivity index (χ3n) is 4.66. The molecule has 26 heavy (non-hydrogen) atoms. The Morgan fingerprint density at radius 1 is 1.15 bits per heavy atom. The van der Waals surface area contributed by atoms with Gasteiger partial charge in [-0.2, -0.15) is 5.10 Å². The van der Waals surface area contributed by atoms with Crippen molar-refractivity contribution in [2.45, 2.75) is 71.3 Å². The maximum absolute atomic E-state index is 12.3. The van der Waals surface area contributed by atoms with Crippen LogP contribution < -0.4 is 5.32 Å². The molecule has 0 fully saturated rings. The van der Waals surface area contributed by atoms with E-state index in [1.165, 1.54) is 24.3 Å². The molecule has 0 aromatic heterocycles. The molecule has 5 nitrogen and oxygen atoms in total. The smallest absolute Gasteiger partial charge is 0.243 e. The minimum Gasteiger partial charge on any atom is -0.354 e. The number of hydrogen-bond acceptors (Lipinski definition) is 3. The van der Waals surface area contributed by atoms with Crippen LogP contribution in [0.3, 0.4) is 0 Å². The van der Waals surface area contributed by atoms with Crippen LogP contribution in [0.25, 0.3) is 0 Å². The van der Waals surface area contributed by atoms with Gasteiger partial charge in [-0.05, 0) is 18.9 Å². The number of hydrazone groups is 1. The van der Waals surface area contributed by atoms with Gasteiger partial charge in [0.2, 0.25) is 11.8 Å². The van der Waals surface area contributed by atoms with Crippen LogP contribution in [0.4, 0.5) is 0 Å². The average molecular weight is 357 g/mol. The van der Waals surface area contributed by atoms with E-state index in [1.54, 1.807) is 0 Å². The van der Waals surface area contributed by atoms with E-state index < -0.39 is 0 Å². The average Bonchev–Trinajstić information content (AvgIpc) is 3.14. The van der Waals surface area contributed by atoms with Gasteiger partial charge in [-0.3, -0.25) is 9.59 Å².